The summed E-state index contributed by atoms with van der Waals surface area (Å²) in [4.78, 5) is 0. The van der Waals surface area contributed by atoms with Crippen molar-refractivity contribution in [1.29, 1.82) is 0 Å². The van der Waals surface area contributed by atoms with Crippen molar-refractivity contribution >= 4 is 0 Å². The molecule has 0 spiro atoms. The number of para-hydroxylation sites is 1. The minimum atomic E-state index is 0.0979. The summed E-state index contributed by atoms with van der Waals surface area (Å²) in [5, 5.41) is 0. The van der Waals surface area contributed by atoms with Gasteiger partial charge in [0.25, 0.3) is 0 Å². The van der Waals surface area contributed by atoms with E-state index in [1.807, 2.05) is 24.3 Å². The maximum Gasteiger partial charge on any atom is 0.161 e. The monoisotopic (exact) mass is 268 g/mol. The summed E-state index contributed by atoms with van der Waals surface area (Å²) in [5.74, 6) is 2.66. The van der Waals surface area contributed by atoms with Crippen molar-refractivity contribution in [2.24, 2.45) is 0 Å². The predicted molar refractivity (Wildman–Crippen MR) is 75.6 cm³/mol. The zero-order valence-corrected chi connectivity index (χ0v) is 11.2. The van der Waals surface area contributed by atoms with Crippen molar-refractivity contribution in [3.63, 3.8) is 0 Å². The third kappa shape index (κ3) is 1.99. The largest absolute Gasteiger partial charge is 0.486 e. The molecule has 0 radical (unpaired) electrons. The van der Waals surface area contributed by atoms with Crippen molar-refractivity contribution in [3.05, 3.63) is 53.6 Å². The van der Waals surface area contributed by atoms with Crippen LogP contribution in [0.15, 0.2) is 42.5 Å². The Morgan fingerprint density at radius 2 is 1.70 bits per heavy atom. The molecule has 102 valence electrons. The molecule has 2 aliphatic heterocycles. The van der Waals surface area contributed by atoms with Crippen LogP contribution in [0, 0.1) is 0 Å². The van der Waals surface area contributed by atoms with Crippen LogP contribution in [0.1, 0.15) is 23.7 Å². The zero-order chi connectivity index (χ0) is 13.4. The van der Waals surface area contributed by atoms with E-state index in [4.69, 9.17) is 14.2 Å². The summed E-state index contributed by atoms with van der Waals surface area (Å²) in [6.45, 7) is 1.24. The lowest BCUT2D eigenvalue weighted by Gasteiger charge is -2.27. The van der Waals surface area contributed by atoms with Crippen LogP contribution in [-0.4, -0.2) is 13.2 Å². The van der Waals surface area contributed by atoms with E-state index >= 15 is 0 Å². The van der Waals surface area contributed by atoms with Gasteiger partial charge >= 0.3 is 0 Å². The second-order valence-corrected chi connectivity index (χ2v) is 5.16. The molecule has 1 atom stereocenters. The lowest BCUT2D eigenvalue weighted by atomic mass is 9.97. The number of rotatable bonds is 1. The molecule has 1 unspecified atom stereocenters. The molecule has 2 aromatic carbocycles. The smallest absolute Gasteiger partial charge is 0.161 e. The highest BCUT2D eigenvalue weighted by molar-refractivity contribution is 5.45. The van der Waals surface area contributed by atoms with Crippen LogP contribution < -0.4 is 14.2 Å². The van der Waals surface area contributed by atoms with Gasteiger partial charge in [0.2, 0.25) is 0 Å². The Hall–Kier alpha value is -2.16. The molecule has 0 N–H and O–H groups in total. The Balaban J connectivity index is 1.63. The van der Waals surface area contributed by atoms with Crippen molar-refractivity contribution in [2.75, 3.05) is 13.2 Å². The molecule has 4 rings (SSSR count). The van der Waals surface area contributed by atoms with Crippen LogP contribution in [0.25, 0.3) is 0 Å². The minimum absolute atomic E-state index is 0.0979. The van der Waals surface area contributed by atoms with Crippen molar-refractivity contribution in [1.82, 2.24) is 0 Å². The van der Waals surface area contributed by atoms with E-state index in [9.17, 15) is 0 Å². The molecule has 0 aromatic heterocycles. The Bertz CT molecular complexity index is 636. The van der Waals surface area contributed by atoms with Crippen LogP contribution in [0.3, 0.4) is 0 Å². The summed E-state index contributed by atoms with van der Waals surface area (Å²) < 4.78 is 17.3. The van der Waals surface area contributed by atoms with E-state index in [2.05, 4.69) is 18.2 Å². The molecule has 0 bridgehead atoms. The van der Waals surface area contributed by atoms with E-state index in [0.29, 0.717) is 13.2 Å². The summed E-state index contributed by atoms with van der Waals surface area (Å²) >= 11 is 0. The number of benzene rings is 2. The standard InChI is InChI=1S/C17H16O3/c1-2-4-14-12(3-1)5-7-15(20-14)13-6-8-16-17(11-13)19-10-9-18-16/h1-4,6,8,11,15H,5,7,9-10H2. The molecule has 3 nitrogen and oxygen atoms in total. The lowest BCUT2D eigenvalue weighted by Crippen LogP contribution is -2.18. The van der Waals surface area contributed by atoms with Crippen molar-refractivity contribution in [3.8, 4) is 17.2 Å². The summed E-state index contributed by atoms with van der Waals surface area (Å²) in [5.41, 5.74) is 2.45. The molecule has 0 aliphatic carbocycles. The summed E-state index contributed by atoms with van der Waals surface area (Å²) in [7, 11) is 0. The topological polar surface area (TPSA) is 27.7 Å². The predicted octanol–water partition coefficient (Wildman–Crippen LogP) is 3.52. The van der Waals surface area contributed by atoms with Gasteiger partial charge in [-0.05, 0) is 42.2 Å². The first-order chi connectivity index (χ1) is 9.90. The Morgan fingerprint density at radius 3 is 2.65 bits per heavy atom. The number of fused-ring (bicyclic) bond motifs is 2. The number of hydrogen-bond acceptors (Lipinski definition) is 3. The van der Waals surface area contributed by atoms with Gasteiger partial charge in [-0.15, -0.1) is 0 Å². The van der Waals surface area contributed by atoms with Crippen molar-refractivity contribution < 1.29 is 14.2 Å². The van der Waals surface area contributed by atoms with Crippen molar-refractivity contribution in [2.45, 2.75) is 18.9 Å². The van der Waals surface area contributed by atoms with E-state index in [1.165, 1.54) is 5.56 Å². The third-order valence-electron chi connectivity index (χ3n) is 3.86. The van der Waals surface area contributed by atoms with E-state index in [1.54, 1.807) is 0 Å². The van der Waals surface area contributed by atoms with E-state index < -0.39 is 0 Å². The van der Waals surface area contributed by atoms with Gasteiger partial charge in [-0.3, -0.25) is 0 Å². The number of aryl methyl sites for hydroxylation is 1. The van der Waals surface area contributed by atoms with E-state index in [-0.39, 0.29) is 6.10 Å². The molecule has 0 saturated carbocycles. The van der Waals surface area contributed by atoms with Crippen LogP contribution >= 0.6 is 0 Å². The third-order valence-corrected chi connectivity index (χ3v) is 3.86. The van der Waals surface area contributed by atoms with Gasteiger partial charge in [0.15, 0.2) is 11.5 Å². The molecule has 0 amide bonds. The molecule has 2 aromatic rings. The number of hydrogen-bond donors (Lipinski definition) is 0. The first-order valence-corrected chi connectivity index (χ1v) is 7.04. The zero-order valence-electron chi connectivity index (χ0n) is 11.2. The molecule has 0 saturated heterocycles. The molecule has 0 fully saturated rings. The Kier molecular flexibility index (Phi) is 2.76. The van der Waals surface area contributed by atoms with Crippen LogP contribution in [-0.2, 0) is 6.42 Å². The molecular weight excluding hydrogens is 252 g/mol. The molecule has 2 aliphatic rings. The Morgan fingerprint density at radius 1 is 0.850 bits per heavy atom. The minimum Gasteiger partial charge on any atom is -0.486 e. The van der Waals surface area contributed by atoms with E-state index in [0.717, 1.165) is 35.7 Å². The molecule has 3 heteroatoms. The molecule has 2 heterocycles. The second-order valence-electron chi connectivity index (χ2n) is 5.16. The first kappa shape index (κ1) is 11.6. The second kappa shape index (κ2) is 4.75. The highest BCUT2D eigenvalue weighted by Gasteiger charge is 2.22. The molecular formula is C17H16O3. The summed E-state index contributed by atoms with van der Waals surface area (Å²) in [6.07, 6.45) is 2.15. The molecule has 20 heavy (non-hydrogen) atoms. The fraction of sp³-hybridized carbons (Fsp3) is 0.294. The highest BCUT2D eigenvalue weighted by Crippen LogP contribution is 2.38. The van der Waals surface area contributed by atoms with Gasteiger partial charge in [-0.2, -0.15) is 0 Å². The van der Waals surface area contributed by atoms with Crippen LogP contribution in [0.4, 0.5) is 0 Å². The lowest BCUT2D eigenvalue weighted by molar-refractivity contribution is 0.164. The normalized spacial score (nSPS) is 19.9. The van der Waals surface area contributed by atoms with Gasteiger partial charge in [0, 0.05) is 0 Å². The highest BCUT2D eigenvalue weighted by atomic mass is 16.6. The first-order valence-electron chi connectivity index (χ1n) is 7.04. The maximum absolute atomic E-state index is 6.11. The average Bonchev–Trinajstić information content (AvgIpc) is 2.54. The van der Waals surface area contributed by atoms with Crippen LogP contribution in [0.5, 0.6) is 17.2 Å². The van der Waals surface area contributed by atoms with Gasteiger partial charge in [0.1, 0.15) is 25.1 Å². The fourth-order valence-electron chi connectivity index (χ4n) is 2.82. The van der Waals surface area contributed by atoms with Gasteiger partial charge in [0.05, 0.1) is 0 Å². The quantitative estimate of drug-likeness (QED) is 0.792. The SMILES string of the molecule is c1ccc2c(c1)CCC(c1ccc3c(c1)OCCO3)O2. The average molecular weight is 268 g/mol. The van der Waals surface area contributed by atoms with Gasteiger partial charge in [-0.1, -0.05) is 24.3 Å². The van der Waals surface area contributed by atoms with Gasteiger partial charge in [-0.25, -0.2) is 0 Å². The van der Waals surface area contributed by atoms with Gasteiger partial charge < -0.3 is 14.2 Å². The maximum atomic E-state index is 6.11. The fourth-order valence-corrected chi connectivity index (χ4v) is 2.82. The number of ether oxygens (including phenoxy) is 3. The summed E-state index contributed by atoms with van der Waals surface area (Å²) in [6, 6.07) is 14.4. The van der Waals surface area contributed by atoms with Crippen LogP contribution in [0.2, 0.25) is 0 Å². The Labute approximate surface area is 118 Å².